The van der Waals surface area contributed by atoms with E-state index in [9.17, 15) is 8.42 Å². The predicted molar refractivity (Wildman–Crippen MR) is 70.7 cm³/mol. The molecule has 0 bridgehead atoms. The van der Waals surface area contributed by atoms with Crippen molar-refractivity contribution < 1.29 is 8.42 Å². The van der Waals surface area contributed by atoms with Crippen molar-refractivity contribution in [2.45, 2.75) is 24.8 Å². The minimum absolute atomic E-state index is 0.166. The molecular formula is C11H15N5O2S. The number of nitrogens with one attached hydrogen (secondary N) is 2. The van der Waals surface area contributed by atoms with Gasteiger partial charge in [-0.25, -0.2) is 18.1 Å². The number of nitrogen functional groups attached to an aromatic ring is 1. The number of hydrogen-bond acceptors (Lipinski definition) is 5. The fourth-order valence-corrected chi connectivity index (χ4v) is 3.18. The van der Waals surface area contributed by atoms with E-state index in [0.29, 0.717) is 17.1 Å². The molecule has 0 aliphatic heterocycles. The van der Waals surface area contributed by atoms with E-state index in [1.54, 1.807) is 26.0 Å². The molecule has 2 aromatic rings. The highest BCUT2D eigenvalue weighted by atomic mass is 32.2. The summed E-state index contributed by atoms with van der Waals surface area (Å²) in [6.45, 7) is 3.35. The molecule has 0 radical (unpaired) electrons. The normalized spacial score (nSPS) is 13.4. The topological polar surface area (TPSA) is 114 Å². The molecule has 0 saturated heterocycles. The van der Waals surface area contributed by atoms with Crippen molar-refractivity contribution >= 4 is 15.7 Å². The summed E-state index contributed by atoms with van der Waals surface area (Å²) in [5, 5.41) is 6.31. The summed E-state index contributed by atoms with van der Waals surface area (Å²) in [6.07, 6.45) is 1.33. The van der Waals surface area contributed by atoms with E-state index in [2.05, 4.69) is 19.9 Å². The van der Waals surface area contributed by atoms with Crippen molar-refractivity contribution in [1.29, 1.82) is 0 Å². The molecule has 1 aromatic carbocycles. The number of hydrogen-bond donors (Lipinski definition) is 3. The Morgan fingerprint density at radius 1 is 1.42 bits per heavy atom. The Morgan fingerprint density at radius 2 is 2.16 bits per heavy atom. The molecule has 1 unspecified atom stereocenters. The SMILES string of the molecule is Cc1c(N)cccc1S(=O)(=O)NC(C)c1ncn[nH]1. The molecule has 4 N–H and O–H groups in total. The van der Waals surface area contributed by atoms with Crippen LogP contribution in [0.4, 0.5) is 5.69 Å². The van der Waals surface area contributed by atoms with E-state index in [1.165, 1.54) is 12.4 Å². The van der Waals surface area contributed by atoms with Crippen LogP contribution in [0.15, 0.2) is 29.4 Å². The molecule has 0 fully saturated rings. The second-order valence-corrected chi connectivity index (χ2v) is 5.87. The fourth-order valence-electron chi connectivity index (χ4n) is 1.70. The summed E-state index contributed by atoms with van der Waals surface area (Å²) >= 11 is 0. The summed E-state index contributed by atoms with van der Waals surface area (Å²) in [7, 11) is -3.66. The summed E-state index contributed by atoms with van der Waals surface area (Å²) in [6, 6.07) is 4.28. The number of rotatable bonds is 4. The summed E-state index contributed by atoms with van der Waals surface area (Å²) in [5.74, 6) is 0.449. The molecule has 0 spiro atoms. The van der Waals surface area contributed by atoms with Gasteiger partial charge in [0.05, 0.1) is 10.9 Å². The number of nitrogens with zero attached hydrogens (tertiary/aromatic N) is 2. The maximum atomic E-state index is 12.3. The summed E-state index contributed by atoms with van der Waals surface area (Å²) < 4.78 is 27.1. The first-order valence-electron chi connectivity index (χ1n) is 5.64. The molecule has 1 heterocycles. The lowest BCUT2D eigenvalue weighted by molar-refractivity contribution is 0.560. The standard InChI is InChI=1S/C11H15N5O2S/c1-7-9(12)4-3-5-10(7)19(17,18)16-8(2)11-13-6-14-15-11/h3-6,8,16H,12H2,1-2H3,(H,13,14,15). The Hall–Kier alpha value is -1.93. The molecule has 1 atom stereocenters. The van der Waals surface area contributed by atoms with Crippen molar-refractivity contribution in [3.8, 4) is 0 Å². The van der Waals surface area contributed by atoms with Gasteiger partial charge in [0.25, 0.3) is 0 Å². The monoisotopic (exact) mass is 281 g/mol. The van der Waals surface area contributed by atoms with Gasteiger partial charge in [0, 0.05) is 5.69 Å². The molecule has 102 valence electrons. The van der Waals surface area contributed by atoms with Crippen LogP contribution in [-0.4, -0.2) is 23.6 Å². The fraction of sp³-hybridized carbons (Fsp3) is 0.273. The maximum absolute atomic E-state index is 12.3. The van der Waals surface area contributed by atoms with Crippen LogP contribution in [0, 0.1) is 6.92 Å². The Bertz CT molecular complexity index is 666. The Balaban J connectivity index is 2.31. The van der Waals surface area contributed by atoms with Crippen LogP contribution >= 0.6 is 0 Å². The number of anilines is 1. The molecule has 0 saturated carbocycles. The third-order valence-corrected chi connectivity index (χ3v) is 4.48. The minimum atomic E-state index is -3.66. The van der Waals surface area contributed by atoms with Gasteiger partial charge in [-0.3, -0.25) is 5.10 Å². The number of benzene rings is 1. The molecule has 0 amide bonds. The average Bonchev–Trinajstić information content (AvgIpc) is 2.85. The number of sulfonamides is 1. The van der Waals surface area contributed by atoms with Crippen LogP contribution in [0.5, 0.6) is 0 Å². The third kappa shape index (κ3) is 2.74. The van der Waals surface area contributed by atoms with Crippen molar-refractivity contribution in [1.82, 2.24) is 19.9 Å². The van der Waals surface area contributed by atoms with E-state index >= 15 is 0 Å². The molecule has 2 rings (SSSR count). The van der Waals surface area contributed by atoms with Crippen LogP contribution in [0.2, 0.25) is 0 Å². The number of nitrogens with two attached hydrogens (primary N) is 1. The van der Waals surface area contributed by atoms with E-state index in [4.69, 9.17) is 5.73 Å². The summed E-state index contributed by atoms with van der Waals surface area (Å²) in [5.41, 5.74) is 6.69. The first kappa shape index (κ1) is 13.5. The van der Waals surface area contributed by atoms with Gasteiger partial charge in [0.15, 0.2) is 0 Å². The maximum Gasteiger partial charge on any atom is 0.241 e. The zero-order chi connectivity index (χ0) is 14.0. The highest BCUT2D eigenvalue weighted by Gasteiger charge is 2.22. The van der Waals surface area contributed by atoms with Gasteiger partial charge in [-0.1, -0.05) is 6.07 Å². The molecule has 0 aliphatic carbocycles. The number of aromatic amines is 1. The van der Waals surface area contributed by atoms with Gasteiger partial charge in [0.1, 0.15) is 12.2 Å². The first-order chi connectivity index (χ1) is 8.92. The largest absolute Gasteiger partial charge is 0.398 e. The molecule has 19 heavy (non-hydrogen) atoms. The van der Waals surface area contributed by atoms with Crippen molar-refractivity contribution in [2.24, 2.45) is 0 Å². The lowest BCUT2D eigenvalue weighted by atomic mass is 10.2. The van der Waals surface area contributed by atoms with E-state index in [1.807, 2.05) is 0 Å². The second kappa shape index (κ2) is 4.98. The molecule has 0 aliphatic rings. The van der Waals surface area contributed by atoms with Crippen molar-refractivity contribution in [3.63, 3.8) is 0 Å². The number of H-pyrrole nitrogens is 1. The van der Waals surface area contributed by atoms with Gasteiger partial charge < -0.3 is 5.73 Å². The lowest BCUT2D eigenvalue weighted by Gasteiger charge is -2.14. The lowest BCUT2D eigenvalue weighted by Crippen LogP contribution is -2.28. The Labute approximate surface area is 111 Å². The van der Waals surface area contributed by atoms with Crippen molar-refractivity contribution in [2.75, 3.05) is 5.73 Å². The highest BCUT2D eigenvalue weighted by molar-refractivity contribution is 7.89. The van der Waals surface area contributed by atoms with Gasteiger partial charge in [-0.15, -0.1) is 0 Å². The zero-order valence-corrected chi connectivity index (χ0v) is 11.4. The molecular weight excluding hydrogens is 266 g/mol. The molecule has 1 aromatic heterocycles. The van der Waals surface area contributed by atoms with E-state index in [-0.39, 0.29) is 4.90 Å². The van der Waals surface area contributed by atoms with Crippen LogP contribution in [0.3, 0.4) is 0 Å². The highest BCUT2D eigenvalue weighted by Crippen LogP contribution is 2.21. The Morgan fingerprint density at radius 3 is 2.79 bits per heavy atom. The molecule has 8 heteroatoms. The van der Waals surface area contributed by atoms with Gasteiger partial charge in [-0.2, -0.15) is 5.10 Å². The average molecular weight is 281 g/mol. The zero-order valence-electron chi connectivity index (χ0n) is 10.6. The van der Waals surface area contributed by atoms with Gasteiger partial charge in [-0.05, 0) is 31.5 Å². The number of aromatic nitrogens is 3. The quantitative estimate of drug-likeness (QED) is 0.715. The predicted octanol–water partition coefficient (Wildman–Crippen LogP) is 0.735. The second-order valence-electron chi connectivity index (χ2n) is 4.18. The van der Waals surface area contributed by atoms with E-state index in [0.717, 1.165) is 0 Å². The Kier molecular flexibility index (Phi) is 3.54. The van der Waals surface area contributed by atoms with Gasteiger partial charge >= 0.3 is 0 Å². The van der Waals surface area contributed by atoms with Gasteiger partial charge in [0.2, 0.25) is 10.0 Å². The minimum Gasteiger partial charge on any atom is -0.398 e. The van der Waals surface area contributed by atoms with Crippen LogP contribution < -0.4 is 10.5 Å². The third-order valence-electron chi connectivity index (χ3n) is 2.79. The van der Waals surface area contributed by atoms with Crippen LogP contribution in [0.25, 0.3) is 0 Å². The summed E-state index contributed by atoms with van der Waals surface area (Å²) in [4.78, 5) is 4.08. The van der Waals surface area contributed by atoms with Crippen molar-refractivity contribution in [3.05, 3.63) is 35.9 Å². The van der Waals surface area contributed by atoms with Crippen LogP contribution in [0.1, 0.15) is 24.4 Å². The smallest absolute Gasteiger partial charge is 0.241 e. The first-order valence-corrected chi connectivity index (χ1v) is 7.13. The van der Waals surface area contributed by atoms with E-state index < -0.39 is 16.1 Å². The van der Waals surface area contributed by atoms with Crippen LogP contribution in [-0.2, 0) is 10.0 Å². The molecule has 7 nitrogen and oxygen atoms in total.